The topological polar surface area (TPSA) is 49.9 Å². The fourth-order valence-electron chi connectivity index (χ4n) is 2.47. The van der Waals surface area contributed by atoms with Crippen LogP contribution in [0, 0.1) is 0 Å². The highest BCUT2D eigenvalue weighted by molar-refractivity contribution is 9.10. The van der Waals surface area contributed by atoms with Crippen LogP contribution in [0.3, 0.4) is 0 Å². The van der Waals surface area contributed by atoms with Crippen molar-refractivity contribution in [1.82, 2.24) is 4.57 Å². The van der Waals surface area contributed by atoms with Crippen LogP contribution in [0.4, 0.5) is 11.4 Å². The van der Waals surface area contributed by atoms with Crippen molar-refractivity contribution in [3.63, 3.8) is 0 Å². The Hall–Kier alpha value is -2.14. The minimum absolute atomic E-state index is 0.140. The van der Waals surface area contributed by atoms with Gasteiger partial charge in [0.05, 0.1) is 11.2 Å². The zero-order valence-corrected chi connectivity index (χ0v) is 13.9. The molecule has 3 rings (SSSR count). The van der Waals surface area contributed by atoms with Gasteiger partial charge in [0.15, 0.2) is 5.69 Å². The first-order chi connectivity index (χ1) is 10.6. The zero-order valence-electron chi connectivity index (χ0n) is 12.4. The molecule has 1 N–H and O–H groups in total. The maximum absolute atomic E-state index is 10.5. The Balaban J connectivity index is 2.11. The van der Waals surface area contributed by atoms with Crippen LogP contribution in [0.5, 0.6) is 5.88 Å². The summed E-state index contributed by atoms with van der Waals surface area (Å²) in [6.07, 6.45) is 0. The Morgan fingerprint density at radius 3 is 2.36 bits per heavy atom. The lowest BCUT2D eigenvalue weighted by molar-refractivity contribution is 0.407. The highest BCUT2D eigenvalue weighted by atomic mass is 79.9. The number of halogens is 1. The molecule has 4 nitrogen and oxygen atoms in total. The van der Waals surface area contributed by atoms with Crippen LogP contribution in [-0.2, 0) is 0 Å². The summed E-state index contributed by atoms with van der Waals surface area (Å²) in [7, 11) is 0. The van der Waals surface area contributed by atoms with Gasteiger partial charge in [-0.3, -0.25) is 0 Å². The van der Waals surface area contributed by atoms with Crippen LogP contribution >= 0.6 is 15.9 Å². The Morgan fingerprint density at radius 1 is 1.00 bits per heavy atom. The second kappa shape index (κ2) is 5.93. The molecule has 0 spiro atoms. The van der Waals surface area contributed by atoms with Crippen molar-refractivity contribution in [3.05, 3.63) is 53.0 Å². The molecular weight excluding hydrogens is 342 g/mol. The number of hydrogen-bond acceptors (Lipinski definition) is 3. The normalized spacial score (nSPS) is 11.8. The van der Waals surface area contributed by atoms with Gasteiger partial charge in [-0.1, -0.05) is 34.1 Å². The highest BCUT2D eigenvalue weighted by Crippen LogP contribution is 2.41. The summed E-state index contributed by atoms with van der Waals surface area (Å²) in [5.74, 6) is 0.150. The first-order valence-corrected chi connectivity index (χ1v) is 7.86. The second-order valence-corrected chi connectivity index (χ2v) is 6.25. The SMILES string of the molecule is CC(C)n1c(O)c(N=Nc2ccc(Br)cc2)c2ccccc21. The molecule has 0 aliphatic rings. The smallest absolute Gasteiger partial charge is 0.221 e. The number of rotatable bonds is 3. The molecule has 2 aromatic carbocycles. The Kier molecular flexibility index (Phi) is 3.98. The number of benzene rings is 2. The molecule has 22 heavy (non-hydrogen) atoms. The summed E-state index contributed by atoms with van der Waals surface area (Å²) in [4.78, 5) is 0. The van der Waals surface area contributed by atoms with Crippen molar-refractivity contribution >= 4 is 38.2 Å². The molecule has 0 unspecified atom stereocenters. The molecule has 1 heterocycles. The van der Waals surface area contributed by atoms with E-state index in [-0.39, 0.29) is 11.9 Å². The van der Waals surface area contributed by atoms with Crippen LogP contribution in [-0.4, -0.2) is 9.67 Å². The van der Waals surface area contributed by atoms with E-state index in [0.717, 1.165) is 21.1 Å². The Labute approximate surface area is 137 Å². The van der Waals surface area contributed by atoms with E-state index < -0.39 is 0 Å². The lowest BCUT2D eigenvalue weighted by Crippen LogP contribution is -1.98. The Bertz CT molecular complexity index is 835. The summed E-state index contributed by atoms with van der Waals surface area (Å²) in [6.45, 7) is 4.06. The van der Waals surface area contributed by atoms with Crippen LogP contribution in [0.25, 0.3) is 10.9 Å². The van der Waals surface area contributed by atoms with Crippen molar-refractivity contribution in [2.45, 2.75) is 19.9 Å². The van der Waals surface area contributed by atoms with Crippen LogP contribution in [0.1, 0.15) is 19.9 Å². The van der Waals surface area contributed by atoms with Crippen molar-refractivity contribution in [2.24, 2.45) is 10.2 Å². The molecule has 0 atom stereocenters. The largest absolute Gasteiger partial charge is 0.493 e. The monoisotopic (exact) mass is 357 g/mol. The number of azo groups is 1. The van der Waals surface area contributed by atoms with Gasteiger partial charge in [0.1, 0.15) is 0 Å². The number of para-hydroxylation sites is 1. The maximum atomic E-state index is 10.5. The van der Waals surface area contributed by atoms with E-state index in [1.807, 2.05) is 66.9 Å². The fraction of sp³-hybridized carbons (Fsp3) is 0.176. The predicted octanol–water partition coefficient (Wildman–Crippen LogP) is 6.11. The van der Waals surface area contributed by atoms with Crippen LogP contribution in [0.2, 0.25) is 0 Å². The van der Waals surface area contributed by atoms with Gasteiger partial charge in [0, 0.05) is 15.9 Å². The van der Waals surface area contributed by atoms with E-state index in [2.05, 4.69) is 26.2 Å². The van der Waals surface area contributed by atoms with E-state index in [1.165, 1.54) is 0 Å². The molecule has 3 aromatic rings. The second-order valence-electron chi connectivity index (χ2n) is 5.33. The van der Waals surface area contributed by atoms with E-state index in [0.29, 0.717) is 5.69 Å². The fourth-order valence-corrected chi connectivity index (χ4v) is 2.73. The molecule has 112 valence electrons. The molecule has 0 aliphatic heterocycles. The van der Waals surface area contributed by atoms with Gasteiger partial charge in [-0.05, 0) is 44.2 Å². The molecule has 1 aromatic heterocycles. The zero-order chi connectivity index (χ0) is 15.7. The average molecular weight is 358 g/mol. The molecule has 0 amide bonds. The minimum atomic E-state index is 0.140. The number of nitrogens with zero attached hydrogens (tertiary/aromatic N) is 3. The van der Waals surface area contributed by atoms with E-state index in [4.69, 9.17) is 0 Å². The van der Waals surface area contributed by atoms with Gasteiger partial charge in [0.25, 0.3) is 0 Å². The highest BCUT2D eigenvalue weighted by Gasteiger charge is 2.17. The summed E-state index contributed by atoms with van der Waals surface area (Å²) >= 11 is 3.39. The Morgan fingerprint density at radius 2 is 1.68 bits per heavy atom. The van der Waals surface area contributed by atoms with Gasteiger partial charge in [0.2, 0.25) is 5.88 Å². The molecule has 0 aliphatic carbocycles. The third-order valence-corrected chi connectivity index (χ3v) is 4.00. The molecular formula is C17H16BrN3O. The lowest BCUT2D eigenvalue weighted by atomic mass is 10.2. The average Bonchev–Trinajstić information content (AvgIpc) is 2.78. The predicted molar refractivity (Wildman–Crippen MR) is 92.3 cm³/mol. The molecule has 0 saturated heterocycles. The molecule has 5 heteroatoms. The first-order valence-electron chi connectivity index (χ1n) is 7.07. The van der Waals surface area contributed by atoms with Crippen molar-refractivity contribution in [3.8, 4) is 5.88 Å². The number of fused-ring (bicyclic) bond motifs is 1. The summed E-state index contributed by atoms with van der Waals surface area (Å²) in [5.41, 5.74) is 2.20. The summed E-state index contributed by atoms with van der Waals surface area (Å²) < 4.78 is 2.86. The summed E-state index contributed by atoms with van der Waals surface area (Å²) in [5, 5.41) is 19.9. The van der Waals surface area contributed by atoms with Gasteiger partial charge in [-0.2, -0.15) is 5.11 Å². The van der Waals surface area contributed by atoms with Crippen molar-refractivity contribution in [1.29, 1.82) is 0 Å². The number of hydrogen-bond donors (Lipinski definition) is 1. The lowest BCUT2D eigenvalue weighted by Gasteiger charge is -2.10. The van der Waals surface area contributed by atoms with Gasteiger partial charge in [-0.15, -0.1) is 5.11 Å². The first kappa shape index (κ1) is 14.8. The number of aromatic hydroxyl groups is 1. The van der Waals surface area contributed by atoms with E-state index in [1.54, 1.807) is 0 Å². The summed E-state index contributed by atoms with van der Waals surface area (Å²) in [6, 6.07) is 15.5. The number of aromatic nitrogens is 1. The van der Waals surface area contributed by atoms with Crippen molar-refractivity contribution in [2.75, 3.05) is 0 Å². The van der Waals surface area contributed by atoms with E-state index in [9.17, 15) is 5.11 Å². The standard InChI is InChI=1S/C17H16BrN3O/c1-11(2)21-15-6-4-3-5-14(15)16(17(21)22)20-19-13-9-7-12(18)8-10-13/h3-11,22H,1-2H3. The quantitative estimate of drug-likeness (QED) is 0.565. The van der Waals surface area contributed by atoms with E-state index >= 15 is 0 Å². The maximum Gasteiger partial charge on any atom is 0.221 e. The van der Waals surface area contributed by atoms with Crippen LogP contribution < -0.4 is 0 Å². The van der Waals surface area contributed by atoms with Crippen LogP contribution in [0.15, 0.2) is 63.2 Å². The molecule has 0 radical (unpaired) electrons. The molecule has 0 bridgehead atoms. The molecule has 0 saturated carbocycles. The molecule has 0 fully saturated rings. The third kappa shape index (κ3) is 2.64. The van der Waals surface area contributed by atoms with Crippen molar-refractivity contribution < 1.29 is 5.11 Å². The van der Waals surface area contributed by atoms with Gasteiger partial charge >= 0.3 is 0 Å². The van der Waals surface area contributed by atoms with Gasteiger partial charge < -0.3 is 9.67 Å². The third-order valence-electron chi connectivity index (χ3n) is 3.47. The minimum Gasteiger partial charge on any atom is -0.493 e. The van der Waals surface area contributed by atoms with Gasteiger partial charge in [-0.25, -0.2) is 0 Å².